The fourth-order valence-corrected chi connectivity index (χ4v) is 2.06. The maximum atomic E-state index is 11.3. The van der Waals surface area contributed by atoms with Crippen molar-refractivity contribution in [3.05, 3.63) is 41.6 Å². The summed E-state index contributed by atoms with van der Waals surface area (Å²) in [6.45, 7) is 0.458. The average molecular weight is 260 g/mol. The van der Waals surface area contributed by atoms with Crippen molar-refractivity contribution in [3.8, 4) is 5.75 Å². The van der Waals surface area contributed by atoms with Gasteiger partial charge in [0.2, 0.25) is 5.89 Å². The first-order valence-corrected chi connectivity index (χ1v) is 5.90. The summed E-state index contributed by atoms with van der Waals surface area (Å²) in [7, 11) is 1.27. The van der Waals surface area contributed by atoms with Crippen molar-refractivity contribution in [3.63, 3.8) is 0 Å². The van der Waals surface area contributed by atoms with Gasteiger partial charge in [-0.3, -0.25) is 0 Å². The van der Waals surface area contributed by atoms with Gasteiger partial charge in [0.15, 0.2) is 0 Å². The van der Waals surface area contributed by atoms with Crippen molar-refractivity contribution in [1.29, 1.82) is 0 Å². The molecule has 0 bridgehead atoms. The number of carbonyl (C=O) groups is 1. The minimum atomic E-state index is -0.629. The quantitative estimate of drug-likeness (QED) is 0.763. The van der Waals surface area contributed by atoms with E-state index in [0.717, 1.165) is 17.7 Å². The van der Waals surface area contributed by atoms with Gasteiger partial charge in [-0.15, -0.1) is 10.2 Å². The van der Waals surface area contributed by atoms with E-state index < -0.39 is 5.97 Å². The van der Waals surface area contributed by atoms with Crippen LogP contribution in [0.2, 0.25) is 0 Å². The van der Waals surface area contributed by atoms with E-state index in [4.69, 9.17) is 9.15 Å². The molecule has 0 amide bonds. The summed E-state index contributed by atoms with van der Waals surface area (Å²) in [6, 6.07) is 7.82. The lowest BCUT2D eigenvalue weighted by Gasteiger charge is -2.22. The highest BCUT2D eigenvalue weighted by Gasteiger charge is 2.27. The third kappa shape index (κ3) is 2.16. The summed E-state index contributed by atoms with van der Waals surface area (Å²) in [4.78, 5) is 11.3. The highest BCUT2D eigenvalue weighted by atomic mass is 16.5. The number of benzene rings is 1. The zero-order chi connectivity index (χ0) is 13.2. The monoisotopic (exact) mass is 260 g/mol. The summed E-state index contributed by atoms with van der Waals surface area (Å²) >= 11 is 0. The molecule has 1 aromatic heterocycles. The van der Waals surface area contributed by atoms with Crippen LogP contribution >= 0.6 is 0 Å². The highest BCUT2D eigenvalue weighted by molar-refractivity contribution is 5.83. The minimum Gasteiger partial charge on any atom is -0.492 e. The Morgan fingerprint density at radius 1 is 1.37 bits per heavy atom. The molecule has 0 saturated carbocycles. The molecule has 19 heavy (non-hydrogen) atoms. The number of ether oxygens (including phenoxy) is 2. The molecule has 6 heteroatoms. The van der Waals surface area contributed by atoms with Gasteiger partial charge >= 0.3 is 11.9 Å². The predicted octanol–water partition coefficient (Wildman–Crippen LogP) is 1.57. The fourth-order valence-electron chi connectivity index (χ4n) is 2.06. The number of para-hydroxylation sites is 1. The molecule has 1 atom stereocenters. The minimum absolute atomic E-state index is 0.0409. The number of aromatic nitrogens is 2. The molecule has 0 radical (unpaired) electrons. The molecule has 1 aliphatic rings. The van der Waals surface area contributed by atoms with Gasteiger partial charge in [-0.1, -0.05) is 18.2 Å². The molecule has 2 heterocycles. The van der Waals surface area contributed by atoms with Crippen molar-refractivity contribution in [1.82, 2.24) is 10.2 Å². The number of carbonyl (C=O) groups excluding carboxylic acids is 1. The lowest BCUT2D eigenvalue weighted by molar-refractivity contribution is 0.0552. The molecule has 3 rings (SSSR count). The van der Waals surface area contributed by atoms with E-state index in [-0.39, 0.29) is 11.8 Å². The maximum Gasteiger partial charge on any atom is 0.396 e. The Hall–Kier alpha value is -2.37. The maximum absolute atomic E-state index is 11.3. The second kappa shape index (κ2) is 4.72. The summed E-state index contributed by atoms with van der Waals surface area (Å²) in [5.74, 6) is 0.481. The number of methoxy groups -OCH3 is 1. The van der Waals surface area contributed by atoms with E-state index in [0.29, 0.717) is 12.5 Å². The first-order chi connectivity index (χ1) is 9.28. The van der Waals surface area contributed by atoms with Crippen LogP contribution in [0.25, 0.3) is 0 Å². The van der Waals surface area contributed by atoms with Crippen molar-refractivity contribution in [2.24, 2.45) is 0 Å². The van der Waals surface area contributed by atoms with Crippen LogP contribution in [0, 0.1) is 0 Å². The Morgan fingerprint density at radius 2 is 2.21 bits per heavy atom. The van der Waals surface area contributed by atoms with Crippen LogP contribution < -0.4 is 4.74 Å². The molecule has 0 N–H and O–H groups in total. The molecule has 2 aromatic rings. The second-order valence-electron chi connectivity index (χ2n) is 4.26. The summed E-state index contributed by atoms with van der Waals surface area (Å²) in [5.41, 5.74) is 1.09. The van der Waals surface area contributed by atoms with Crippen LogP contribution in [0.1, 0.15) is 28.1 Å². The van der Waals surface area contributed by atoms with E-state index in [9.17, 15) is 4.79 Å². The molecule has 0 saturated heterocycles. The van der Waals surface area contributed by atoms with Crippen molar-refractivity contribution < 1.29 is 18.7 Å². The lowest BCUT2D eigenvalue weighted by atomic mass is 9.97. The van der Waals surface area contributed by atoms with Crippen LogP contribution in [-0.2, 0) is 11.2 Å². The normalized spacial score (nSPS) is 17.4. The standard InChI is InChI=1S/C13H12N2O4/c1-17-13(16)12-15-14-11(19-12)9-6-8-4-2-3-5-10(8)18-7-9/h2-5,9H,6-7H2,1H3. The van der Waals surface area contributed by atoms with Crippen molar-refractivity contribution >= 4 is 5.97 Å². The van der Waals surface area contributed by atoms with Crippen LogP contribution in [0.3, 0.4) is 0 Å². The van der Waals surface area contributed by atoms with Gasteiger partial charge < -0.3 is 13.9 Å². The van der Waals surface area contributed by atoms with Crippen molar-refractivity contribution in [2.75, 3.05) is 13.7 Å². The Bertz CT molecular complexity index is 608. The molecule has 0 fully saturated rings. The Balaban J connectivity index is 1.81. The summed E-state index contributed by atoms with van der Waals surface area (Å²) in [6.07, 6.45) is 0.749. The Labute approximate surface area is 109 Å². The third-order valence-corrected chi connectivity index (χ3v) is 3.03. The van der Waals surface area contributed by atoms with Gasteiger partial charge in [0.1, 0.15) is 12.4 Å². The molecule has 6 nitrogen and oxygen atoms in total. The van der Waals surface area contributed by atoms with E-state index in [2.05, 4.69) is 14.9 Å². The lowest BCUT2D eigenvalue weighted by Crippen LogP contribution is -2.19. The smallest absolute Gasteiger partial charge is 0.396 e. The van der Waals surface area contributed by atoms with Gasteiger partial charge in [0, 0.05) is 0 Å². The van der Waals surface area contributed by atoms with Crippen LogP contribution in [-0.4, -0.2) is 29.9 Å². The van der Waals surface area contributed by atoms with Gasteiger partial charge in [-0.05, 0) is 18.1 Å². The van der Waals surface area contributed by atoms with Gasteiger partial charge in [-0.2, -0.15) is 0 Å². The molecule has 1 unspecified atom stereocenters. The summed E-state index contributed by atoms with van der Waals surface area (Å²) in [5, 5.41) is 7.56. The van der Waals surface area contributed by atoms with Crippen LogP contribution in [0.4, 0.5) is 0 Å². The highest BCUT2D eigenvalue weighted by Crippen LogP contribution is 2.31. The van der Waals surface area contributed by atoms with Gasteiger partial charge in [0.05, 0.1) is 13.0 Å². The topological polar surface area (TPSA) is 74.5 Å². The average Bonchev–Trinajstić information content (AvgIpc) is 2.95. The summed E-state index contributed by atoms with van der Waals surface area (Å²) < 4.78 is 15.5. The van der Waals surface area contributed by atoms with Gasteiger partial charge in [-0.25, -0.2) is 4.79 Å². The number of nitrogens with zero attached hydrogens (tertiary/aromatic N) is 2. The largest absolute Gasteiger partial charge is 0.492 e. The van der Waals surface area contributed by atoms with Crippen molar-refractivity contribution in [2.45, 2.75) is 12.3 Å². The molecular weight excluding hydrogens is 248 g/mol. The molecule has 98 valence electrons. The van der Waals surface area contributed by atoms with E-state index >= 15 is 0 Å². The van der Waals surface area contributed by atoms with Crippen LogP contribution in [0.5, 0.6) is 5.75 Å². The molecule has 0 aliphatic carbocycles. The number of hydrogen-bond acceptors (Lipinski definition) is 6. The SMILES string of the molecule is COC(=O)c1nnc(C2COc3ccccc3C2)o1. The van der Waals surface area contributed by atoms with E-state index in [1.54, 1.807) is 0 Å². The first-order valence-electron chi connectivity index (χ1n) is 5.90. The molecule has 1 aliphatic heterocycles. The number of fused-ring (bicyclic) bond motifs is 1. The molecule has 0 spiro atoms. The zero-order valence-corrected chi connectivity index (χ0v) is 10.3. The Morgan fingerprint density at radius 3 is 3.05 bits per heavy atom. The third-order valence-electron chi connectivity index (χ3n) is 3.03. The predicted molar refractivity (Wildman–Crippen MR) is 64.0 cm³/mol. The van der Waals surface area contributed by atoms with Crippen LogP contribution in [0.15, 0.2) is 28.7 Å². The van der Waals surface area contributed by atoms with Gasteiger partial charge in [0.25, 0.3) is 0 Å². The van der Waals surface area contributed by atoms with E-state index in [1.165, 1.54) is 7.11 Å². The number of rotatable bonds is 2. The first kappa shape index (κ1) is 11.7. The number of hydrogen-bond donors (Lipinski definition) is 0. The zero-order valence-electron chi connectivity index (χ0n) is 10.3. The molecule has 1 aromatic carbocycles. The Kier molecular flexibility index (Phi) is 2.91. The second-order valence-corrected chi connectivity index (χ2v) is 4.26. The molecular formula is C13H12N2O4. The number of esters is 1. The fraction of sp³-hybridized carbons (Fsp3) is 0.308. The van der Waals surface area contributed by atoms with E-state index in [1.807, 2.05) is 24.3 Å².